The van der Waals surface area contributed by atoms with Gasteiger partial charge < -0.3 is 9.47 Å². The molecule has 0 aromatic carbocycles. The molecule has 1 amide bonds. The number of amides is 1. The Hall–Kier alpha value is -1.66. The summed E-state index contributed by atoms with van der Waals surface area (Å²) in [5.74, 6) is -0.616. The number of ether oxygens (including phenoxy) is 2. The van der Waals surface area contributed by atoms with Gasteiger partial charge in [0, 0.05) is 0 Å². The number of hydrogen-bond acceptors (Lipinski definition) is 6. The molecule has 19 heavy (non-hydrogen) atoms. The lowest BCUT2D eigenvalue weighted by Crippen LogP contribution is -2.45. The first kappa shape index (κ1) is 17.3. The summed E-state index contributed by atoms with van der Waals surface area (Å²) >= 11 is 0. The molecule has 0 aliphatic rings. The summed E-state index contributed by atoms with van der Waals surface area (Å²) in [6.45, 7) is 8.68. The van der Waals surface area contributed by atoms with Crippen molar-refractivity contribution in [3.05, 3.63) is 4.91 Å². The predicted octanol–water partition coefficient (Wildman–Crippen LogP) is 2.49. The van der Waals surface area contributed by atoms with Gasteiger partial charge in [0.15, 0.2) is 6.04 Å². The van der Waals surface area contributed by atoms with Crippen LogP contribution in [0.15, 0.2) is 5.29 Å². The summed E-state index contributed by atoms with van der Waals surface area (Å²) in [5.41, 5.74) is -0.779. The number of methoxy groups -OCH3 is 1. The van der Waals surface area contributed by atoms with Crippen molar-refractivity contribution in [3.8, 4) is 0 Å². The highest BCUT2D eigenvalue weighted by atomic mass is 16.6. The average molecular weight is 274 g/mol. The van der Waals surface area contributed by atoms with E-state index in [9.17, 15) is 14.5 Å². The topological polar surface area (TPSA) is 85.3 Å². The molecule has 0 N–H and O–H groups in total. The minimum absolute atomic E-state index is 0.0794. The predicted molar refractivity (Wildman–Crippen MR) is 69.1 cm³/mol. The maximum Gasteiger partial charge on any atom is 0.434 e. The quantitative estimate of drug-likeness (QED) is 0.437. The van der Waals surface area contributed by atoms with Gasteiger partial charge in [-0.1, -0.05) is 13.8 Å². The zero-order chi connectivity index (χ0) is 15.2. The van der Waals surface area contributed by atoms with Gasteiger partial charge in [-0.25, -0.2) is 9.59 Å². The second-order valence-electron chi connectivity index (χ2n) is 5.58. The third-order valence-electron chi connectivity index (χ3n) is 2.13. The van der Waals surface area contributed by atoms with Crippen molar-refractivity contribution in [3.63, 3.8) is 0 Å². The lowest BCUT2D eigenvalue weighted by Gasteiger charge is -2.27. The molecule has 0 rings (SSSR count). The second kappa shape index (κ2) is 7.06. The summed E-state index contributed by atoms with van der Waals surface area (Å²) in [5, 5.41) is 3.10. The van der Waals surface area contributed by atoms with Gasteiger partial charge in [-0.3, -0.25) is 0 Å². The highest BCUT2D eigenvalue weighted by Gasteiger charge is 2.35. The van der Waals surface area contributed by atoms with Crippen LogP contribution in [0.1, 0.15) is 41.0 Å². The molecule has 0 unspecified atom stereocenters. The number of rotatable bonds is 5. The Balaban J connectivity index is 5.07. The van der Waals surface area contributed by atoms with Crippen LogP contribution in [0.3, 0.4) is 0 Å². The molecule has 110 valence electrons. The zero-order valence-corrected chi connectivity index (χ0v) is 12.3. The van der Waals surface area contributed by atoms with E-state index in [2.05, 4.69) is 10.0 Å². The fraction of sp³-hybridized carbons (Fsp3) is 0.833. The monoisotopic (exact) mass is 274 g/mol. The lowest BCUT2D eigenvalue weighted by molar-refractivity contribution is -0.147. The molecule has 0 spiro atoms. The van der Waals surface area contributed by atoms with Crippen LogP contribution >= 0.6 is 0 Å². The molecule has 0 aliphatic carbocycles. The van der Waals surface area contributed by atoms with E-state index in [0.29, 0.717) is 5.01 Å². The van der Waals surface area contributed by atoms with Crippen LogP contribution in [0.4, 0.5) is 4.79 Å². The Morgan fingerprint density at radius 3 is 2.11 bits per heavy atom. The van der Waals surface area contributed by atoms with Gasteiger partial charge in [-0.2, -0.15) is 0 Å². The Labute approximate surface area is 113 Å². The summed E-state index contributed by atoms with van der Waals surface area (Å²) < 4.78 is 9.62. The van der Waals surface area contributed by atoms with Crippen LogP contribution in [0.2, 0.25) is 0 Å². The molecule has 0 aromatic rings. The number of carbonyl (C=O) groups is 2. The molecular weight excluding hydrogens is 252 g/mol. The van der Waals surface area contributed by atoms with Crippen LogP contribution in [0.25, 0.3) is 0 Å². The minimum atomic E-state index is -1.07. The molecular formula is C12H22N2O5. The normalized spacial score (nSPS) is 12.8. The minimum Gasteiger partial charge on any atom is -0.467 e. The van der Waals surface area contributed by atoms with E-state index in [1.807, 2.05) is 13.8 Å². The summed E-state index contributed by atoms with van der Waals surface area (Å²) in [6.07, 6.45) is -0.698. The van der Waals surface area contributed by atoms with E-state index >= 15 is 0 Å². The van der Waals surface area contributed by atoms with Crippen LogP contribution in [0.5, 0.6) is 0 Å². The van der Waals surface area contributed by atoms with Crippen molar-refractivity contribution < 1.29 is 19.1 Å². The van der Waals surface area contributed by atoms with Crippen molar-refractivity contribution >= 4 is 12.1 Å². The Bertz CT molecular complexity index is 336. The number of hydrogen-bond donors (Lipinski definition) is 0. The summed E-state index contributed by atoms with van der Waals surface area (Å²) in [6, 6.07) is -1.07. The largest absolute Gasteiger partial charge is 0.467 e. The Kier molecular flexibility index (Phi) is 6.44. The van der Waals surface area contributed by atoms with Crippen molar-refractivity contribution in [1.82, 2.24) is 5.01 Å². The molecule has 0 bridgehead atoms. The fourth-order valence-electron chi connectivity index (χ4n) is 1.40. The molecule has 7 nitrogen and oxygen atoms in total. The van der Waals surface area contributed by atoms with Crippen LogP contribution in [-0.4, -0.2) is 35.8 Å². The van der Waals surface area contributed by atoms with Crippen LogP contribution in [-0.2, 0) is 14.3 Å². The molecule has 0 aromatic heterocycles. The SMILES string of the molecule is COC(=O)[C@H](CC(C)C)N(N=O)C(=O)OC(C)(C)C. The smallest absolute Gasteiger partial charge is 0.434 e. The van der Waals surface area contributed by atoms with E-state index < -0.39 is 23.7 Å². The highest BCUT2D eigenvalue weighted by Crippen LogP contribution is 2.17. The molecule has 0 aliphatic heterocycles. The van der Waals surface area contributed by atoms with Crippen molar-refractivity contribution in [1.29, 1.82) is 0 Å². The Morgan fingerprint density at radius 1 is 1.26 bits per heavy atom. The first-order chi connectivity index (χ1) is 8.62. The van der Waals surface area contributed by atoms with Crippen LogP contribution < -0.4 is 0 Å². The highest BCUT2D eigenvalue weighted by molar-refractivity contribution is 5.81. The van der Waals surface area contributed by atoms with Gasteiger partial charge in [0.1, 0.15) is 5.60 Å². The Morgan fingerprint density at radius 2 is 1.79 bits per heavy atom. The number of esters is 1. The van der Waals surface area contributed by atoms with Gasteiger partial charge in [-0.05, 0) is 33.1 Å². The molecule has 0 saturated carbocycles. The second-order valence-corrected chi connectivity index (χ2v) is 5.58. The molecule has 1 atom stereocenters. The first-order valence-electron chi connectivity index (χ1n) is 6.05. The van der Waals surface area contributed by atoms with Gasteiger partial charge >= 0.3 is 12.1 Å². The fourth-order valence-corrected chi connectivity index (χ4v) is 1.40. The van der Waals surface area contributed by atoms with Crippen LogP contribution in [0, 0.1) is 10.8 Å². The summed E-state index contributed by atoms with van der Waals surface area (Å²) in [4.78, 5) is 34.3. The third-order valence-corrected chi connectivity index (χ3v) is 2.13. The van der Waals surface area contributed by atoms with E-state index in [0.717, 1.165) is 0 Å². The molecule has 0 fully saturated rings. The number of nitrogens with zero attached hydrogens (tertiary/aromatic N) is 2. The van der Waals surface area contributed by atoms with E-state index in [4.69, 9.17) is 4.74 Å². The molecule has 0 saturated heterocycles. The van der Waals surface area contributed by atoms with Crippen molar-refractivity contribution in [2.75, 3.05) is 7.11 Å². The molecule has 0 heterocycles. The standard InChI is InChI=1S/C12H22N2O5/c1-8(2)7-9(10(15)18-6)14(13-17)11(16)19-12(3,4)5/h8-9H,7H2,1-6H3/t9-/m0/s1. The van der Waals surface area contributed by atoms with Crippen molar-refractivity contribution in [2.45, 2.75) is 52.7 Å². The number of nitroso groups, excluding NO2 is 1. The molecule has 7 heteroatoms. The average Bonchev–Trinajstić information content (AvgIpc) is 2.24. The number of carbonyl (C=O) groups excluding carboxylic acids is 2. The maximum atomic E-state index is 11.8. The van der Waals surface area contributed by atoms with Crippen molar-refractivity contribution in [2.24, 2.45) is 11.2 Å². The maximum absolute atomic E-state index is 11.8. The van der Waals surface area contributed by atoms with Gasteiger partial charge in [0.05, 0.1) is 12.4 Å². The van der Waals surface area contributed by atoms with Gasteiger partial charge in [0.2, 0.25) is 0 Å². The van der Waals surface area contributed by atoms with E-state index in [1.54, 1.807) is 20.8 Å². The third kappa shape index (κ3) is 6.17. The van der Waals surface area contributed by atoms with Gasteiger partial charge in [-0.15, -0.1) is 9.92 Å². The lowest BCUT2D eigenvalue weighted by atomic mass is 10.0. The summed E-state index contributed by atoms with van der Waals surface area (Å²) in [7, 11) is 1.19. The van der Waals surface area contributed by atoms with Gasteiger partial charge in [0.25, 0.3) is 0 Å². The first-order valence-corrected chi connectivity index (χ1v) is 6.05. The zero-order valence-electron chi connectivity index (χ0n) is 12.3. The van der Waals surface area contributed by atoms with E-state index in [1.165, 1.54) is 7.11 Å². The molecule has 0 radical (unpaired) electrons. The van der Waals surface area contributed by atoms with E-state index in [-0.39, 0.29) is 12.3 Å².